The van der Waals surface area contributed by atoms with Gasteiger partial charge in [-0.2, -0.15) is 8.42 Å². The maximum Gasteiger partial charge on any atom is 0.408 e. The number of amides is 2. The van der Waals surface area contributed by atoms with E-state index in [1.54, 1.807) is 48.5 Å². The smallest absolute Gasteiger partial charge is 0.408 e. The molecule has 0 spiro atoms. The number of carbonyl (C=O) groups excluding carboxylic acids is 2. The van der Waals surface area contributed by atoms with Gasteiger partial charge in [0, 0.05) is 17.7 Å². The number of thiol groups is 1. The van der Waals surface area contributed by atoms with Crippen molar-refractivity contribution in [1.82, 2.24) is 10.6 Å². The Kier molecular flexibility index (Phi) is 11.3. The Morgan fingerprint density at radius 3 is 2.10 bits per heavy atom. The summed E-state index contributed by atoms with van der Waals surface area (Å²) in [6.45, 7) is 12.0. The first-order valence-electron chi connectivity index (χ1n) is 9.70. The highest BCUT2D eigenvalue weighted by Gasteiger charge is 2.29. The number of carbonyl (C=O) groups is 2. The van der Waals surface area contributed by atoms with E-state index in [0.717, 1.165) is 0 Å². The molecule has 1 atom stereocenters. The molecule has 0 aliphatic heterocycles. The fourth-order valence-electron chi connectivity index (χ4n) is 2.14. The lowest BCUT2D eigenvalue weighted by Crippen LogP contribution is -2.52. The molecule has 178 valence electrons. The number of hydrogen-bond acceptors (Lipinski definition) is 8. The van der Waals surface area contributed by atoms with Crippen molar-refractivity contribution in [1.29, 1.82) is 0 Å². The van der Waals surface area contributed by atoms with Gasteiger partial charge >= 0.3 is 6.09 Å². The molecular formula is C18H36N2O8S2. The van der Waals surface area contributed by atoms with Gasteiger partial charge in [-0.3, -0.25) is 8.98 Å². The summed E-state index contributed by atoms with van der Waals surface area (Å²) >= 11 is 0. The van der Waals surface area contributed by atoms with Crippen molar-refractivity contribution in [3.05, 3.63) is 0 Å². The second kappa shape index (κ2) is 11.8. The predicted molar refractivity (Wildman–Crippen MR) is 114 cm³/mol. The van der Waals surface area contributed by atoms with Gasteiger partial charge in [0.15, 0.2) is 0 Å². The molecule has 0 aromatic heterocycles. The third kappa shape index (κ3) is 13.8. The molecule has 0 rings (SSSR count). The molecule has 0 saturated heterocycles. The van der Waals surface area contributed by atoms with Crippen LogP contribution in [0.5, 0.6) is 0 Å². The molecule has 0 radical (unpaired) electrons. The van der Waals surface area contributed by atoms with Crippen LogP contribution in [0.3, 0.4) is 0 Å². The fraction of sp³-hybridized carbons (Fsp3) is 0.889. The topological polar surface area (TPSA) is 145 Å². The summed E-state index contributed by atoms with van der Waals surface area (Å²) in [5.74, 6) is -1.25. The van der Waals surface area contributed by atoms with Crippen molar-refractivity contribution in [3.8, 4) is 0 Å². The predicted octanol–water partition coefficient (Wildman–Crippen LogP) is 1.03. The summed E-state index contributed by atoms with van der Waals surface area (Å²) in [7, 11) is -6.50. The van der Waals surface area contributed by atoms with Crippen LogP contribution < -0.4 is 10.6 Å². The Labute approximate surface area is 181 Å². The molecule has 0 aliphatic rings. The molecule has 2 amide bonds. The molecule has 0 aromatic rings. The molecule has 0 saturated carbocycles. The highest BCUT2D eigenvalue weighted by Crippen LogP contribution is 2.16. The summed E-state index contributed by atoms with van der Waals surface area (Å²) in [5, 5.41) is 5.25. The van der Waals surface area contributed by atoms with Crippen molar-refractivity contribution < 1.29 is 35.3 Å². The minimum Gasteiger partial charge on any atom is -0.444 e. The van der Waals surface area contributed by atoms with Crippen LogP contribution in [0.25, 0.3) is 0 Å². The average Bonchev–Trinajstić information content (AvgIpc) is 2.54. The van der Waals surface area contributed by atoms with Gasteiger partial charge in [-0.05, 0) is 33.1 Å². The summed E-state index contributed by atoms with van der Waals surface area (Å²) < 4.78 is 54.9. The van der Waals surface area contributed by atoms with Crippen LogP contribution in [0.15, 0.2) is 0 Å². The van der Waals surface area contributed by atoms with Gasteiger partial charge in [0.25, 0.3) is 10.1 Å². The standard InChI is InChI=1S/C18H36N2O8S2/c1-13(2)14(20-16(22)28-17(3,4)5)15(21)19-11-18(6,7)12-27-30(25,26)10-8-9-29(23)24/h13-14,29H,8-12H2,1-7H3,(H,19,21)(H,20,22)/t14-/m0/s1. The zero-order valence-corrected chi connectivity index (χ0v) is 20.5. The fourth-order valence-corrected chi connectivity index (χ4v) is 3.88. The first-order chi connectivity index (χ1) is 13.4. The van der Waals surface area contributed by atoms with Gasteiger partial charge in [-0.25, -0.2) is 13.2 Å². The highest BCUT2D eigenvalue weighted by atomic mass is 32.2. The van der Waals surface area contributed by atoms with Gasteiger partial charge in [-0.15, -0.1) is 0 Å². The zero-order valence-electron chi connectivity index (χ0n) is 18.8. The molecule has 0 fully saturated rings. The zero-order chi connectivity index (χ0) is 23.8. The maximum absolute atomic E-state index is 12.5. The third-order valence-corrected chi connectivity index (χ3v) is 5.67. The lowest BCUT2D eigenvalue weighted by Gasteiger charge is -2.28. The van der Waals surface area contributed by atoms with Crippen LogP contribution in [0, 0.1) is 11.3 Å². The van der Waals surface area contributed by atoms with Crippen molar-refractivity contribution in [2.45, 2.75) is 66.5 Å². The number of ether oxygens (including phenoxy) is 1. The quantitative estimate of drug-likeness (QED) is 0.282. The lowest BCUT2D eigenvalue weighted by molar-refractivity contribution is -0.124. The Bertz CT molecular complexity index is 745. The monoisotopic (exact) mass is 472 g/mol. The molecule has 10 nitrogen and oxygen atoms in total. The molecule has 0 unspecified atom stereocenters. The highest BCUT2D eigenvalue weighted by molar-refractivity contribution is 7.86. The van der Waals surface area contributed by atoms with Crippen LogP contribution in [0.1, 0.15) is 54.9 Å². The SMILES string of the molecule is CC(C)[C@H](NC(=O)OC(C)(C)C)C(=O)NCC(C)(C)COS(=O)(=O)CCC[SH](=O)=O. The van der Waals surface area contributed by atoms with Crippen molar-refractivity contribution in [2.75, 3.05) is 24.7 Å². The first-order valence-corrected chi connectivity index (χ1v) is 12.6. The number of rotatable bonds is 12. The second-order valence-electron chi connectivity index (χ2n) is 9.18. The van der Waals surface area contributed by atoms with Crippen molar-refractivity contribution in [3.63, 3.8) is 0 Å². The molecular weight excluding hydrogens is 436 g/mol. The Morgan fingerprint density at radius 2 is 1.63 bits per heavy atom. The van der Waals surface area contributed by atoms with Gasteiger partial charge in [0.1, 0.15) is 22.3 Å². The Morgan fingerprint density at radius 1 is 1.07 bits per heavy atom. The minimum absolute atomic E-state index is 0.0371. The maximum atomic E-state index is 12.5. The number of nitrogens with one attached hydrogen (secondary N) is 2. The summed E-state index contributed by atoms with van der Waals surface area (Å²) in [6, 6.07) is -0.825. The van der Waals surface area contributed by atoms with E-state index in [2.05, 4.69) is 10.6 Å². The van der Waals surface area contributed by atoms with Crippen LogP contribution in [0.2, 0.25) is 0 Å². The van der Waals surface area contributed by atoms with E-state index in [-0.39, 0.29) is 31.2 Å². The number of alkyl carbamates (subject to hydrolysis) is 1. The summed E-state index contributed by atoms with van der Waals surface area (Å²) in [6.07, 6.45) is -0.741. The molecule has 2 N–H and O–H groups in total. The molecule has 30 heavy (non-hydrogen) atoms. The Hall–Kier alpha value is -1.40. The molecule has 0 bridgehead atoms. The van der Waals surface area contributed by atoms with Gasteiger partial charge in [-0.1, -0.05) is 27.7 Å². The van der Waals surface area contributed by atoms with Crippen LogP contribution in [0.4, 0.5) is 4.79 Å². The van der Waals surface area contributed by atoms with Gasteiger partial charge in [0.2, 0.25) is 5.91 Å². The summed E-state index contributed by atoms with van der Waals surface area (Å²) in [5.41, 5.74) is -1.42. The molecule has 12 heteroatoms. The number of hydrogen-bond donors (Lipinski definition) is 3. The van der Waals surface area contributed by atoms with Gasteiger partial charge < -0.3 is 15.4 Å². The van der Waals surface area contributed by atoms with E-state index in [1.165, 1.54) is 0 Å². The van der Waals surface area contributed by atoms with E-state index in [1.807, 2.05) is 0 Å². The average molecular weight is 473 g/mol. The lowest BCUT2D eigenvalue weighted by atomic mass is 9.94. The minimum atomic E-state index is -3.87. The Balaban J connectivity index is 4.72. The first kappa shape index (κ1) is 28.6. The van der Waals surface area contributed by atoms with E-state index >= 15 is 0 Å². The van der Waals surface area contributed by atoms with E-state index in [9.17, 15) is 26.4 Å². The molecule has 0 aliphatic carbocycles. The van der Waals surface area contributed by atoms with Crippen molar-refractivity contribution in [2.24, 2.45) is 11.3 Å². The normalized spacial score (nSPS) is 13.9. The summed E-state index contributed by atoms with van der Waals surface area (Å²) in [4.78, 5) is 24.5. The van der Waals surface area contributed by atoms with Crippen LogP contribution in [-0.2, 0) is 34.5 Å². The van der Waals surface area contributed by atoms with Gasteiger partial charge in [0.05, 0.1) is 12.4 Å². The second-order valence-corrected chi connectivity index (χ2v) is 12.1. The third-order valence-electron chi connectivity index (χ3n) is 3.73. The van der Waals surface area contributed by atoms with E-state index < -0.39 is 55.6 Å². The van der Waals surface area contributed by atoms with Crippen LogP contribution in [-0.4, -0.2) is 65.1 Å². The van der Waals surface area contributed by atoms with Crippen LogP contribution >= 0.6 is 0 Å². The van der Waals surface area contributed by atoms with E-state index in [4.69, 9.17) is 8.92 Å². The van der Waals surface area contributed by atoms with Crippen molar-refractivity contribution >= 4 is 32.8 Å². The molecule has 0 aromatic carbocycles. The van der Waals surface area contributed by atoms with E-state index in [0.29, 0.717) is 0 Å². The largest absolute Gasteiger partial charge is 0.444 e. The molecule has 0 heterocycles.